The molecular formula is C24H29Cl2N3O6. The van der Waals surface area contributed by atoms with E-state index in [0.717, 1.165) is 0 Å². The van der Waals surface area contributed by atoms with Crippen molar-refractivity contribution in [3.05, 3.63) is 34.3 Å². The van der Waals surface area contributed by atoms with E-state index in [1.807, 2.05) is 13.8 Å². The van der Waals surface area contributed by atoms with E-state index in [2.05, 4.69) is 15.5 Å². The molecule has 11 heteroatoms. The van der Waals surface area contributed by atoms with E-state index in [9.17, 15) is 9.59 Å². The standard InChI is InChI=1S/C24H29Cl2N3O6/c1-6-32-18-11-15(12-19(21(18)26)33-7-2)27-24(31)22(14(5)30)29-28-16-10-17(25)23(35-9-4)20(13-16)34-8-3/h10-13,22H,6-9H2,1-5H3,(H,27,31). The number of hydrogen-bond donors (Lipinski definition) is 1. The van der Waals surface area contributed by atoms with Crippen LogP contribution in [-0.2, 0) is 9.59 Å². The second-order valence-electron chi connectivity index (χ2n) is 6.99. The number of amides is 1. The lowest BCUT2D eigenvalue weighted by molar-refractivity contribution is -0.126. The summed E-state index contributed by atoms with van der Waals surface area (Å²) in [6, 6.07) is 4.76. The zero-order valence-electron chi connectivity index (χ0n) is 20.3. The number of benzene rings is 2. The molecule has 0 saturated heterocycles. The number of carbonyl (C=O) groups excluding carboxylic acids is 2. The lowest BCUT2D eigenvalue weighted by Crippen LogP contribution is -2.31. The quantitative estimate of drug-likeness (QED) is 0.244. The highest BCUT2D eigenvalue weighted by molar-refractivity contribution is 6.33. The van der Waals surface area contributed by atoms with Gasteiger partial charge in [-0.15, -0.1) is 0 Å². The molecule has 35 heavy (non-hydrogen) atoms. The number of rotatable bonds is 13. The van der Waals surface area contributed by atoms with E-state index in [4.69, 9.17) is 42.1 Å². The number of nitrogens with zero attached hydrogens (tertiary/aromatic N) is 2. The molecule has 190 valence electrons. The maximum absolute atomic E-state index is 12.9. The van der Waals surface area contributed by atoms with E-state index in [1.54, 1.807) is 32.0 Å². The van der Waals surface area contributed by atoms with Crippen LogP contribution in [0.3, 0.4) is 0 Å². The zero-order chi connectivity index (χ0) is 26.0. The van der Waals surface area contributed by atoms with Crippen molar-refractivity contribution < 1.29 is 28.5 Å². The summed E-state index contributed by atoms with van der Waals surface area (Å²) < 4.78 is 22.1. The molecule has 0 aliphatic heterocycles. The maximum Gasteiger partial charge on any atom is 0.258 e. The summed E-state index contributed by atoms with van der Waals surface area (Å²) in [6.45, 7) is 10.0. The Balaban J connectivity index is 2.32. The lowest BCUT2D eigenvalue weighted by Gasteiger charge is -2.15. The number of carbonyl (C=O) groups is 2. The van der Waals surface area contributed by atoms with Crippen molar-refractivity contribution in [3.63, 3.8) is 0 Å². The number of hydrogen-bond acceptors (Lipinski definition) is 8. The van der Waals surface area contributed by atoms with Gasteiger partial charge in [0.15, 0.2) is 17.3 Å². The van der Waals surface area contributed by atoms with Gasteiger partial charge in [0, 0.05) is 23.9 Å². The Hall–Kier alpha value is -3.04. The molecule has 0 aromatic heterocycles. The first-order valence-corrected chi connectivity index (χ1v) is 11.9. The molecule has 0 bridgehead atoms. The molecule has 1 unspecified atom stereocenters. The average Bonchev–Trinajstić information content (AvgIpc) is 2.79. The molecule has 0 spiro atoms. The van der Waals surface area contributed by atoms with Crippen molar-refractivity contribution in [2.75, 3.05) is 31.7 Å². The second kappa shape index (κ2) is 13.7. The third kappa shape index (κ3) is 7.73. The molecule has 0 aliphatic rings. The fourth-order valence-electron chi connectivity index (χ4n) is 2.98. The third-order valence-corrected chi connectivity index (χ3v) is 5.03. The van der Waals surface area contributed by atoms with E-state index in [-0.39, 0.29) is 10.0 Å². The summed E-state index contributed by atoms with van der Waals surface area (Å²) >= 11 is 12.6. The monoisotopic (exact) mass is 525 g/mol. The molecule has 2 rings (SSSR count). The number of ether oxygens (including phenoxy) is 4. The van der Waals surface area contributed by atoms with Gasteiger partial charge in [0.25, 0.3) is 5.91 Å². The van der Waals surface area contributed by atoms with Crippen LogP contribution in [0.25, 0.3) is 0 Å². The topological polar surface area (TPSA) is 108 Å². The fourth-order valence-corrected chi connectivity index (χ4v) is 3.46. The summed E-state index contributed by atoms with van der Waals surface area (Å²) in [5.41, 5.74) is 0.625. The van der Waals surface area contributed by atoms with Gasteiger partial charge < -0.3 is 24.3 Å². The van der Waals surface area contributed by atoms with Crippen LogP contribution >= 0.6 is 23.2 Å². The van der Waals surface area contributed by atoms with Crippen molar-refractivity contribution in [1.82, 2.24) is 0 Å². The SMILES string of the molecule is CCOc1cc(NC(=O)C(N=Nc2cc(Cl)c(OCC)c(OCC)c2)C(C)=O)cc(OCC)c1Cl. The largest absolute Gasteiger partial charge is 0.492 e. The van der Waals surface area contributed by atoms with Crippen LogP contribution in [0.1, 0.15) is 34.6 Å². The Morgan fingerprint density at radius 1 is 0.857 bits per heavy atom. The highest BCUT2D eigenvalue weighted by Gasteiger charge is 2.24. The minimum absolute atomic E-state index is 0.267. The van der Waals surface area contributed by atoms with Gasteiger partial charge in [-0.3, -0.25) is 9.59 Å². The number of anilines is 1. The predicted molar refractivity (Wildman–Crippen MR) is 135 cm³/mol. The molecule has 0 heterocycles. The van der Waals surface area contributed by atoms with E-state index < -0.39 is 17.7 Å². The second-order valence-corrected chi connectivity index (χ2v) is 7.78. The predicted octanol–water partition coefficient (Wildman–Crippen LogP) is 6.27. The summed E-state index contributed by atoms with van der Waals surface area (Å²) in [5, 5.41) is 11.2. The molecule has 0 fully saturated rings. The first-order chi connectivity index (χ1) is 16.7. The van der Waals surface area contributed by atoms with Gasteiger partial charge in [0.1, 0.15) is 16.5 Å². The van der Waals surface area contributed by atoms with Crippen molar-refractivity contribution in [2.24, 2.45) is 10.2 Å². The molecule has 2 aromatic rings. The molecule has 1 N–H and O–H groups in total. The smallest absolute Gasteiger partial charge is 0.258 e. The molecule has 0 radical (unpaired) electrons. The van der Waals surface area contributed by atoms with Crippen LogP contribution in [0.15, 0.2) is 34.5 Å². The Labute approximate surface area is 214 Å². The van der Waals surface area contributed by atoms with Gasteiger partial charge >= 0.3 is 0 Å². The maximum atomic E-state index is 12.9. The first-order valence-electron chi connectivity index (χ1n) is 11.2. The Morgan fingerprint density at radius 2 is 1.40 bits per heavy atom. The Bertz CT molecular complexity index is 1050. The van der Waals surface area contributed by atoms with Crippen LogP contribution < -0.4 is 24.3 Å². The molecule has 0 aliphatic carbocycles. The van der Waals surface area contributed by atoms with E-state index in [1.165, 1.54) is 13.0 Å². The molecule has 0 saturated carbocycles. The van der Waals surface area contributed by atoms with Crippen LogP contribution in [0.2, 0.25) is 10.0 Å². The summed E-state index contributed by atoms with van der Waals surface area (Å²) in [6.07, 6.45) is 0. The van der Waals surface area contributed by atoms with E-state index in [0.29, 0.717) is 60.8 Å². The first kappa shape index (κ1) is 28.2. The number of Topliss-reactive ketones (excluding diaryl/α,β-unsaturated/α-hetero) is 1. The molecular weight excluding hydrogens is 497 g/mol. The van der Waals surface area contributed by atoms with Gasteiger partial charge in [-0.1, -0.05) is 23.2 Å². The molecule has 2 aromatic carbocycles. The summed E-state index contributed by atoms with van der Waals surface area (Å²) in [4.78, 5) is 25.1. The van der Waals surface area contributed by atoms with Crippen molar-refractivity contribution in [2.45, 2.75) is 40.7 Å². The van der Waals surface area contributed by atoms with Crippen molar-refractivity contribution in [3.8, 4) is 23.0 Å². The zero-order valence-corrected chi connectivity index (χ0v) is 21.8. The van der Waals surface area contributed by atoms with Crippen LogP contribution in [0, 0.1) is 0 Å². The third-order valence-electron chi connectivity index (χ3n) is 4.38. The highest BCUT2D eigenvalue weighted by atomic mass is 35.5. The van der Waals surface area contributed by atoms with Gasteiger partial charge in [0.2, 0.25) is 6.04 Å². The normalized spacial score (nSPS) is 11.7. The number of nitrogens with one attached hydrogen (secondary N) is 1. The highest BCUT2D eigenvalue weighted by Crippen LogP contribution is 2.40. The molecule has 9 nitrogen and oxygen atoms in total. The minimum atomic E-state index is -1.40. The van der Waals surface area contributed by atoms with Crippen molar-refractivity contribution >= 4 is 46.3 Å². The molecule has 1 amide bonds. The van der Waals surface area contributed by atoms with Crippen LogP contribution in [0.5, 0.6) is 23.0 Å². The number of ketones is 1. The summed E-state index contributed by atoms with van der Waals surface area (Å²) in [5.74, 6) is 0.252. The Kier molecular flexibility index (Phi) is 11.1. The van der Waals surface area contributed by atoms with Crippen LogP contribution in [0.4, 0.5) is 11.4 Å². The lowest BCUT2D eigenvalue weighted by atomic mass is 10.2. The van der Waals surface area contributed by atoms with Gasteiger partial charge in [-0.25, -0.2) is 0 Å². The van der Waals surface area contributed by atoms with Crippen molar-refractivity contribution in [1.29, 1.82) is 0 Å². The van der Waals surface area contributed by atoms with Gasteiger partial charge in [0.05, 0.1) is 37.1 Å². The number of azo groups is 1. The summed E-state index contributed by atoms with van der Waals surface area (Å²) in [7, 11) is 0. The van der Waals surface area contributed by atoms with Gasteiger partial charge in [-0.2, -0.15) is 10.2 Å². The minimum Gasteiger partial charge on any atom is -0.492 e. The fraction of sp³-hybridized carbons (Fsp3) is 0.417. The van der Waals surface area contributed by atoms with E-state index >= 15 is 0 Å². The Morgan fingerprint density at radius 3 is 1.91 bits per heavy atom. The van der Waals surface area contributed by atoms with Crippen LogP contribution in [-0.4, -0.2) is 44.2 Å². The average molecular weight is 526 g/mol. The number of halogens is 2. The van der Waals surface area contributed by atoms with Gasteiger partial charge in [-0.05, 0) is 40.7 Å². The molecule has 1 atom stereocenters.